The van der Waals surface area contributed by atoms with Crippen molar-refractivity contribution in [1.82, 2.24) is 16.0 Å². The molecule has 0 bridgehead atoms. The van der Waals surface area contributed by atoms with Crippen LogP contribution in [0.1, 0.15) is 33.1 Å². The Balaban J connectivity index is 0. The van der Waals surface area contributed by atoms with Crippen LogP contribution >= 0.6 is 24.8 Å². The van der Waals surface area contributed by atoms with E-state index in [9.17, 15) is 9.59 Å². The highest BCUT2D eigenvalue weighted by atomic mass is 35.5. The smallest absolute Gasteiger partial charge is 0.237 e. The third-order valence-electron chi connectivity index (χ3n) is 3.23. The lowest BCUT2D eigenvalue weighted by Gasteiger charge is -2.22. The standard InChI is InChI=1S/C13H26N4O2.2ClH/c1-9(2)6-11(13(19)17-8-12(14)18)16-7-10-4-3-5-15-10;;/h9-11,15-16H,3-8H2,1-2H3,(H2,14,18)(H,17,19);2*1H/t10-,11-;;/m0../s1. The molecule has 0 radical (unpaired) electrons. The lowest BCUT2D eigenvalue weighted by atomic mass is 10.0. The largest absolute Gasteiger partial charge is 0.368 e. The molecule has 1 aliphatic heterocycles. The van der Waals surface area contributed by atoms with Gasteiger partial charge in [0.05, 0.1) is 12.6 Å². The first-order valence-corrected chi connectivity index (χ1v) is 7.01. The Morgan fingerprint density at radius 3 is 2.48 bits per heavy atom. The van der Waals surface area contributed by atoms with Crippen LogP contribution in [0.5, 0.6) is 0 Å². The monoisotopic (exact) mass is 342 g/mol. The molecule has 0 aromatic rings. The van der Waals surface area contributed by atoms with E-state index >= 15 is 0 Å². The van der Waals surface area contributed by atoms with Crippen molar-refractivity contribution in [2.75, 3.05) is 19.6 Å². The summed E-state index contributed by atoms with van der Waals surface area (Å²) in [5.41, 5.74) is 5.03. The Bertz CT molecular complexity index is 311. The van der Waals surface area contributed by atoms with Crippen LogP contribution in [0.15, 0.2) is 0 Å². The first-order valence-electron chi connectivity index (χ1n) is 7.01. The fraction of sp³-hybridized carbons (Fsp3) is 0.846. The summed E-state index contributed by atoms with van der Waals surface area (Å²) in [6, 6.07) is 0.181. The molecule has 1 fully saturated rings. The summed E-state index contributed by atoms with van der Waals surface area (Å²) < 4.78 is 0. The zero-order valence-corrected chi connectivity index (χ0v) is 14.3. The van der Waals surface area contributed by atoms with Gasteiger partial charge in [0.1, 0.15) is 0 Å². The van der Waals surface area contributed by atoms with Crippen LogP contribution < -0.4 is 21.7 Å². The van der Waals surface area contributed by atoms with Gasteiger partial charge in [-0.25, -0.2) is 0 Å². The molecule has 2 amide bonds. The van der Waals surface area contributed by atoms with Crippen molar-refractivity contribution in [1.29, 1.82) is 0 Å². The molecule has 0 aromatic heterocycles. The number of hydrogen-bond acceptors (Lipinski definition) is 4. The number of nitrogens with one attached hydrogen (secondary N) is 3. The zero-order chi connectivity index (χ0) is 14.3. The number of carbonyl (C=O) groups excluding carboxylic acids is 2. The van der Waals surface area contributed by atoms with Gasteiger partial charge in [0.15, 0.2) is 0 Å². The second-order valence-electron chi connectivity index (χ2n) is 5.57. The Morgan fingerprint density at radius 1 is 1.33 bits per heavy atom. The van der Waals surface area contributed by atoms with E-state index in [1.54, 1.807) is 0 Å². The van der Waals surface area contributed by atoms with Crippen molar-refractivity contribution < 1.29 is 9.59 Å². The molecule has 21 heavy (non-hydrogen) atoms. The number of carbonyl (C=O) groups is 2. The maximum absolute atomic E-state index is 12.0. The van der Waals surface area contributed by atoms with E-state index in [0.29, 0.717) is 12.0 Å². The number of halogens is 2. The van der Waals surface area contributed by atoms with Crippen LogP contribution in [0.4, 0.5) is 0 Å². The molecule has 1 aliphatic rings. The van der Waals surface area contributed by atoms with E-state index in [1.807, 2.05) is 0 Å². The SMILES string of the molecule is CC(C)C[C@H](NC[C@@H]1CCCN1)C(=O)NCC(N)=O.Cl.Cl. The minimum Gasteiger partial charge on any atom is -0.368 e. The quantitative estimate of drug-likeness (QED) is 0.506. The third kappa shape index (κ3) is 9.90. The Kier molecular flexibility index (Phi) is 13.0. The van der Waals surface area contributed by atoms with Crippen molar-refractivity contribution in [2.45, 2.75) is 45.2 Å². The summed E-state index contributed by atoms with van der Waals surface area (Å²) in [4.78, 5) is 22.7. The second kappa shape index (κ2) is 12.0. The molecule has 5 N–H and O–H groups in total. The van der Waals surface area contributed by atoms with Gasteiger partial charge in [-0.2, -0.15) is 0 Å². The van der Waals surface area contributed by atoms with Gasteiger partial charge < -0.3 is 21.7 Å². The molecule has 0 unspecified atom stereocenters. The fourth-order valence-corrected chi connectivity index (χ4v) is 2.27. The molecule has 126 valence electrons. The van der Waals surface area contributed by atoms with Crippen LogP contribution in [-0.2, 0) is 9.59 Å². The topological polar surface area (TPSA) is 96.2 Å². The Morgan fingerprint density at radius 2 is 2.00 bits per heavy atom. The van der Waals surface area contributed by atoms with E-state index in [2.05, 4.69) is 29.8 Å². The normalized spacial score (nSPS) is 18.5. The predicted molar refractivity (Wildman–Crippen MR) is 89.0 cm³/mol. The minimum atomic E-state index is -0.519. The maximum Gasteiger partial charge on any atom is 0.237 e. The molecule has 0 saturated carbocycles. The number of amides is 2. The minimum absolute atomic E-state index is 0. The molecule has 1 heterocycles. The molecule has 0 spiro atoms. The van der Waals surface area contributed by atoms with Crippen LogP contribution in [0.2, 0.25) is 0 Å². The first-order chi connectivity index (χ1) is 8.99. The molecule has 0 aliphatic carbocycles. The van der Waals surface area contributed by atoms with E-state index in [0.717, 1.165) is 25.9 Å². The molecule has 8 heteroatoms. The van der Waals surface area contributed by atoms with E-state index < -0.39 is 5.91 Å². The third-order valence-corrected chi connectivity index (χ3v) is 3.23. The summed E-state index contributed by atoms with van der Waals surface area (Å²) in [5, 5.41) is 9.24. The van der Waals surface area contributed by atoms with Gasteiger partial charge in [0, 0.05) is 12.6 Å². The number of nitrogens with two attached hydrogens (primary N) is 1. The number of rotatable bonds is 8. The van der Waals surface area contributed by atoms with Gasteiger partial charge in [0.25, 0.3) is 0 Å². The Hall–Kier alpha value is -0.560. The van der Waals surface area contributed by atoms with Crippen LogP contribution in [0.3, 0.4) is 0 Å². The van der Waals surface area contributed by atoms with Crippen molar-refractivity contribution in [3.05, 3.63) is 0 Å². The van der Waals surface area contributed by atoms with Crippen molar-refractivity contribution >= 4 is 36.6 Å². The summed E-state index contributed by atoms with van der Waals surface area (Å²) >= 11 is 0. The first kappa shape index (κ1) is 22.7. The van der Waals surface area contributed by atoms with Gasteiger partial charge in [-0.15, -0.1) is 24.8 Å². The Labute approximate surface area is 139 Å². The van der Waals surface area contributed by atoms with Crippen molar-refractivity contribution in [3.8, 4) is 0 Å². The van der Waals surface area contributed by atoms with Crippen LogP contribution in [0, 0.1) is 5.92 Å². The zero-order valence-electron chi connectivity index (χ0n) is 12.7. The van der Waals surface area contributed by atoms with Crippen molar-refractivity contribution in [2.24, 2.45) is 11.7 Å². The molecule has 2 atom stereocenters. The fourth-order valence-electron chi connectivity index (χ4n) is 2.27. The summed E-state index contributed by atoms with van der Waals surface area (Å²) in [6.45, 7) is 5.88. The predicted octanol–water partition coefficient (Wildman–Crippen LogP) is 0.188. The van der Waals surface area contributed by atoms with Gasteiger partial charge in [-0.3, -0.25) is 9.59 Å². The highest BCUT2D eigenvalue weighted by Gasteiger charge is 2.22. The molecular formula is C13H28Cl2N4O2. The van der Waals surface area contributed by atoms with E-state index in [1.165, 1.54) is 6.42 Å². The lowest BCUT2D eigenvalue weighted by molar-refractivity contribution is -0.126. The lowest BCUT2D eigenvalue weighted by Crippen LogP contribution is -2.49. The summed E-state index contributed by atoms with van der Waals surface area (Å²) in [6.07, 6.45) is 3.08. The highest BCUT2D eigenvalue weighted by Crippen LogP contribution is 2.07. The van der Waals surface area contributed by atoms with Crippen molar-refractivity contribution in [3.63, 3.8) is 0 Å². The van der Waals surface area contributed by atoms with Gasteiger partial charge in [-0.05, 0) is 31.7 Å². The van der Waals surface area contributed by atoms with Gasteiger partial charge in [-0.1, -0.05) is 13.8 Å². The average Bonchev–Trinajstić information content (AvgIpc) is 2.84. The summed E-state index contributed by atoms with van der Waals surface area (Å²) in [7, 11) is 0. The highest BCUT2D eigenvalue weighted by molar-refractivity contribution is 5.86. The van der Waals surface area contributed by atoms with Gasteiger partial charge >= 0.3 is 0 Å². The molecule has 1 saturated heterocycles. The average molecular weight is 343 g/mol. The van der Waals surface area contributed by atoms with Crippen LogP contribution in [-0.4, -0.2) is 43.5 Å². The second-order valence-corrected chi connectivity index (χ2v) is 5.57. The number of primary amides is 1. The van der Waals surface area contributed by atoms with Gasteiger partial charge in [0.2, 0.25) is 11.8 Å². The molecule has 1 rings (SSSR count). The van der Waals surface area contributed by atoms with E-state index in [-0.39, 0.29) is 43.3 Å². The molecule has 6 nitrogen and oxygen atoms in total. The maximum atomic E-state index is 12.0. The number of hydrogen-bond donors (Lipinski definition) is 4. The van der Waals surface area contributed by atoms with Crippen LogP contribution in [0.25, 0.3) is 0 Å². The molecule has 0 aromatic carbocycles. The van der Waals surface area contributed by atoms with E-state index in [4.69, 9.17) is 5.73 Å². The molecular weight excluding hydrogens is 315 g/mol. The summed E-state index contributed by atoms with van der Waals surface area (Å²) in [5.74, 6) is -0.257.